The van der Waals surface area contributed by atoms with E-state index in [-0.39, 0.29) is 6.61 Å². The number of nitrogens with zero attached hydrogens (tertiary/aromatic N) is 5. The minimum Gasteiger partial charge on any atom is -0.390 e. The molecule has 0 radical (unpaired) electrons. The SMILES string of the molecule is OCc1cc(N2CCN(c3ncccn3)CC2)ccn1. The van der Waals surface area contributed by atoms with Gasteiger partial charge in [-0.3, -0.25) is 4.98 Å². The average Bonchev–Trinajstić information content (AvgIpc) is 2.56. The van der Waals surface area contributed by atoms with Crippen molar-refractivity contribution in [3.05, 3.63) is 42.5 Å². The molecule has 3 heterocycles. The van der Waals surface area contributed by atoms with Gasteiger partial charge in [0, 0.05) is 50.5 Å². The van der Waals surface area contributed by atoms with Crippen LogP contribution < -0.4 is 9.80 Å². The number of rotatable bonds is 3. The fourth-order valence-corrected chi connectivity index (χ4v) is 2.37. The lowest BCUT2D eigenvalue weighted by Gasteiger charge is -2.36. The molecular weight excluding hydrogens is 254 g/mol. The summed E-state index contributed by atoms with van der Waals surface area (Å²) in [6.07, 6.45) is 5.28. The van der Waals surface area contributed by atoms with Gasteiger partial charge < -0.3 is 14.9 Å². The summed E-state index contributed by atoms with van der Waals surface area (Å²) in [5, 5.41) is 9.15. The highest BCUT2D eigenvalue weighted by molar-refractivity contribution is 5.48. The normalized spacial score (nSPS) is 15.4. The molecule has 0 amide bonds. The number of hydrogen-bond acceptors (Lipinski definition) is 6. The lowest BCUT2D eigenvalue weighted by Crippen LogP contribution is -2.47. The van der Waals surface area contributed by atoms with Gasteiger partial charge >= 0.3 is 0 Å². The Labute approximate surface area is 117 Å². The third kappa shape index (κ3) is 2.70. The first-order chi connectivity index (χ1) is 9.86. The van der Waals surface area contributed by atoms with Crippen LogP contribution >= 0.6 is 0 Å². The minimum atomic E-state index is -0.0222. The first-order valence-corrected chi connectivity index (χ1v) is 6.69. The molecule has 0 aromatic carbocycles. The first-order valence-electron chi connectivity index (χ1n) is 6.69. The molecular formula is C14H17N5O. The number of anilines is 2. The van der Waals surface area contributed by atoms with E-state index in [1.807, 2.05) is 18.2 Å². The third-order valence-corrected chi connectivity index (χ3v) is 3.44. The number of aliphatic hydroxyl groups excluding tert-OH is 1. The van der Waals surface area contributed by atoms with Crippen molar-refractivity contribution >= 4 is 11.6 Å². The molecule has 1 aliphatic heterocycles. The highest BCUT2D eigenvalue weighted by atomic mass is 16.3. The Bertz CT molecular complexity index is 555. The molecule has 2 aromatic rings. The second-order valence-electron chi connectivity index (χ2n) is 4.69. The van der Waals surface area contributed by atoms with E-state index in [1.54, 1.807) is 18.6 Å². The molecule has 0 unspecified atom stereocenters. The highest BCUT2D eigenvalue weighted by Gasteiger charge is 2.19. The third-order valence-electron chi connectivity index (χ3n) is 3.44. The van der Waals surface area contributed by atoms with E-state index in [9.17, 15) is 0 Å². The second-order valence-corrected chi connectivity index (χ2v) is 4.69. The molecule has 6 heteroatoms. The fourth-order valence-electron chi connectivity index (χ4n) is 2.37. The maximum Gasteiger partial charge on any atom is 0.225 e. The zero-order chi connectivity index (χ0) is 13.8. The van der Waals surface area contributed by atoms with Crippen molar-refractivity contribution in [2.45, 2.75) is 6.61 Å². The van der Waals surface area contributed by atoms with E-state index in [4.69, 9.17) is 5.11 Å². The van der Waals surface area contributed by atoms with Gasteiger partial charge in [-0.1, -0.05) is 0 Å². The molecule has 104 valence electrons. The van der Waals surface area contributed by atoms with Crippen LogP contribution in [-0.2, 0) is 6.61 Å². The van der Waals surface area contributed by atoms with Crippen molar-refractivity contribution < 1.29 is 5.11 Å². The van der Waals surface area contributed by atoms with E-state index in [2.05, 4.69) is 24.8 Å². The van der Waals surface area contributed by atoms with Gasteiger partial charge in [-0.15, -0.1) is 0 Å². The van der Waals surface area contributed by atoms with E-state index in [0.717, 1.165) is 37.8 Å². The summed E-state index contributed by atoms with van der Waals surface area (Å²) in [4.78, 5) is 17.1. The maximum atomic E-state index is 9.15. The molecule has 0 bridgehead atoms. The van der Waals surface area contributed by atoms with Crippen LogP contribution in [-0.4, -0.2) is 46.2 Å². The largest absolute Gasteiger partial charge is 0.390 e. The summed E-state index contributed by atoms with van der Waals surface area (Å²) in [6.45, 7) is 3.58. The van der Waals surface area contributed by atoms with Crippen LogP contribution in [0.3, 0.4) is 0 Å². The molecule has 0 aliphatic carbocycles. The van der Waals surface area contributed by atoms with Gasteiger partial charge in [-0.05, 0) is 18.2 Å². The molecule has 6 nitrogen and oxygen atoms in total. The van der Waals surface area contributed by atoms with Crippen molar-refractivity contribution in [1.82, 2.24) is 15.0 Å². The van der Waals surface area contributed by atoms with Gasteiger partial charge in [0.05, 0.1) is 12.3 Å². The smallest absolute Gasteiger partial charge is 0.225 e. The van der Waals surface area contributed by atoms with Gasteiger partial charge in [0.15, 0.2) is 0 Å². The lowest BCUT2D eigenvalue weighted by atomic mass is 10.2. The topological polar surface area (TPSA) is 65.4 Å². The summed E-state index contributed by atoms with van der Waals surface area (Å²) in [5.41, 5.74) is 1.81. The summed E-state index contributed by atoms with van der Waals surface area (Å²) in [6, 6.07) is 5.75. The summed E-state index contributed by atoms with van der Waals surface area (Å²) >= 11 is 0. The zero-order valence-corrected chi connectivity index (χ0v) is 11.2. The van der Waals surface area contributed by atoms with Crippen LogP contribution in [0.2, 0.25) is 0 Å². The van der Waals surface area contributed by atoms with Crippen molar-refractivity contribution in [2.75, 3.05) is 36.0 Å². The predicted molar refractivity (Wildman–Crippen MR) is 76.6 cm³/mol. The van der Waals surface area contributed by atoms with Gasteiger partial charge in [-0.25, -0.2) is 9.97 Å². The van der Waals surface area contributed by atoms with Crippen molar-refractivity contribution in [1.29, 1.82) is 0 Å². The Hall–Kier alpha value is -2.21. The Morgan fingerprint density at radius 2 is 1.65 bits per heavy atom. The molecule has 20 heavy (non-hydrogen) atoms. The van der Waals surface area contributed by atoms with Gasteiger partial charge in [0.1, 0.15) is 0 Å². The maximum absolute atomic E-state index is 9.15. The van der Waals surface area contributed by atoms with Crippen LogP contribution in [0.4, 0.5) is 11.6 Å². The Balaban J connectivity index is 1.66. The van der Waals surface area contributed by atoms with Crippen LogP contribution in [0.1, 0.15) is 5.69 Å². The predicted octanol–water partition coefficient (Wildman–Crippen LogP) is 0.690. The van der Waals surface area contributed by atoms with Crippen LogP contribution in [0, 0.1) is 0 Å². The molecule has 1 N–H and O–H groups in total. The Morgan fingerprint density at radius 3 is 2.35 bits per heavy atom. The summed E-state index contributed by atoms with van der Waals surface area (Å²) in [7, 11) is 0. The molecule has 2 aromatic heterocycles. The molecule has 0 spiro atoms. The monoisotopic (exact) mass is 271 g/mol. The minimum absolute atomic E-state index is 0.0222. The molecule has 0 saturated carbocycles. The fraction of sp³-hybridized carbons (Fsp3) is 0.357. The average molecular weight is 271 g/mol. The number of pyridine rings is 1. The molecule has 1 fully saturated rings. The second kappa shape index (κ2) is 5.83. The summed E-state index contributed by atoms with van der Waals surface area (Å²) < 4.78 is 0. The Morgan fingerprint density at radius 1 is 0.950 bits per heavy atom. The van der Waals surface area contributed by atoms with Crippen molar-refractivity contribution in [3.63, 3.8) is 0 Å². The standard InChI is InChI=1S/C14H17N5O/c20-11-12-10-13(2-5-15-12)18-6-8-19(9-7-18)14-16-3-1-4-17-14/h1-5,10,20H,6-9,11H2. The van der Waals surface area contributed by atoms with E-state index < -0.39 is 0 Å². The van der Waals surface area contributed by atoms with Gasteiger partial charge in [0.2, 0.25) is 5.95 Å². The van der Waals surface area contributed by atoms with Crippen LogP contribution in [0.15, 0.2) is 36.8 Å². The van der Waals surface area contributed by atoms with Gasteiger partial charge in [-0.2, -0.15) is 0 Å². The van der Waals surface area contributed by atoms with E-state index in [1.165, 1.54) is 0 Å². The number of hydrogen-bond donors (Lipinski definition) is 1. The van der Waals surface area contributed by atoms with Crippen molar-refractivity contribution in [2.24, 2.45) is 0 Å². The summed E-state index contributed by atoms with van der Waals surface area (Å²) in [5.74, 6) is 0.790. The van der Waals surface area contributed by atoms with Gasteiger partial charge in [0.25, 0.3) is 0 Å². The molecule has 0 atom stereocenters. The zero-order valence-electron chi connectivity index (χ0n) is 11.2. The molecule has 1 aliphatic rings. The van der Waals surface area contributed by atoms with E-state index in [0.29, 0.717) is 5.69 Å². The van der Waals surface area contributed by atoms with E-state index >= 15 is 0 Å². The quantitative estimate of drug-likeness (QED) is 0.886. The molecule has 1 saturated heterocycles. The lowest BCUT2D eigenvalue weighted by molar-refractivity contribution is 0.277. The van der Waals surface area contributed by atoms with Crippen LogP contribution in [0.5, 0.6) is 0 Å². The Kier molecular flexibility index (Phi) is 3.73. The highest BCUT2D eigenvalue weighted by Crippen LogP contribution is 2.18. The first kappa shape index (κ1) is 12.8. The number of aromatic nitrogens is 3. The number of piperazine rings is 1. The van der Waals surface area contributed by atoms with Crippen LogP contribution in [0.25, 0.3) is 0 Å². The molecule has 3 rings (SSSR count). The van der Waals surface area contributed by atoms with Crippen molar-refractivity contribution in [3.8, 4) is 0 Å². The number of aliphatic hydroxyl groups is 1.